The van der Waals surface area contributed by atoms with Crippen LogP contribution in [-0.4, -0.2) is 40.6 Å². The maximum atomic E-state index is 10.7. The number of aromatic hydroxyl groups is 1. The van der Waals surface area contributed by atoms with E-state index >= 15 is 0 Å². The minimum atomic E-state index is -0.360. The summed E-state index contributed by atoms with van der Waals surface area (Å²) in [6.45, 7) is 0.793. The van der Waals surface area contributed by atoms with Gasteiger partial charge in [0.2, 0.25) is 5.88 Å². The highest BCUT2D eigenvalue weighted by molar-refractivity contribution is 5.15. The van der Waals surface area contributed by atoms with Gasteiger partial charge in [-0.1, -0.05) is 0 Å². The van der Waals surface area contributed by atoms with Gasteiger partial charge in [-0.2, -0.15) is 0 Å². The Bertz CT molecular complexity index is 300. The molecule has 0 aliphatic carbocycles. The first-order chi connectivity index (χ1) is 5.59. The molecule has 5 nitrogen and oxygen atoms in total. The summed E-state index contributed by atoms with van der Waals surface area (Å²) in [7, 11) is 3.86. The number of nitrogens with one attached hydrogen (secondary N) is 2. The minimum Gasteiger partial charge on any atom is -0.493 e. The molecular formula is C7H13N3O2. The van der Waals surface area contributed by atoms with E-state index in [9.17, 15) is 4.79 Å². The Kier molecular flexibility index (Phi) is 2.54. The number of likely N-dealkylation sites (N-methyl/N-ethyl adjacent to an activating group) is 1. The van der Waals surface area contributed by atoms with Crippen molar-refractivity contribution < 1.29 is 5.11 Å². The number of hydrogen-bond donors (Lipinski definition) is 3. The molecule has 0 aliphatic rings. The molecule has 0 saturated carbocycles. The first-order valence-corrected chi connectivity index (χ1v) is 3.74. The number of imidazole rings is 1. The fraction of sp³-hybridized carbons (Fsp3) is 0.571. The Morgan fingerprint density at radius 1 is 1.42 bits per heavy atom. The van der Waals surface area contributed by atoms with Crippen LogP contribution in [-0.2, 0) is 6.42 Å². The summed E-state index contributed by atoms with van der Waals surface area (Å²) in [5.41, 5.74) is 0.204. The van der Waals surface area contributed by atoms with Crippen LogP contribution in [0.4, 0.5) is 0 Å². The second-order valence-corrected chi connectivity index (χ2v) is 2.96. The van der Waals surface area contributed by atoms with Gasteiger partial charge in [-0.3, -0.25) is 4.98 Å². The summed E-state index contributed by atoms with van der Waals surface area (Å²) in [5.74, 6) is -0.0538. The summed E-state index contributed by atoms with van der Waals surface area (Å²) in [4.78, 5) is 17.4. The van der Waals surface area contributed by atoms with E-state index in [0.29, 0.717) is 12.1 Å². The molecule has 1 heterocycles. The first-order valence-electron chi connectivity index (χ1n) is 3.74. The molecular weight excluding hydrogens is 158 g/mol. The molecule has 0 amide bonds. The lowest BCUT2D eigenvalue weighted by Gasteiger charge is -2.07. The molecule has 0 fully saturated rings. The van der Waals surface area contributed by atoms with E-state index in [4.69, 9.17) is 5.11 Å². The van der Waals surface area contributed by atoms with Crippen LogP contribution in [0.3, 0.4) is 0 Å². The smallest absolute Gasteiger partial charge is 0.325 e. The van der Waals surface area contributed by atoms with Crippen molar-refractivity contribution in [2.24, 2.45) is 0 Å². The van der Waals surface area contributed by atoms with Gasteiger partial charge in [0.25, 0.3) is 0 Å². The van der Waals surface area contributed by atoms with Crippen molar-refractivity contribution in [2.75, 3.05) is 20.6 Å². The largest absolute Gasteiger partial charge is 0.493 e. The van der Waals surface area contributed by atoms with E-state index in [2.05, 4.69) is 9.97 Å². The molecule has 1 aromatic heterocycles. The first kappa shape index (κ1) is 8.86. The van der Waals surface area contributed by atoms with E-state index in [1.54, 1.807) is 0 Å². The molecule has 0 bridgehead atoms. The number of aromatic amines is 2. The van der Waals surface area contributed by atoms with Gasteiger partial charge in [-0.05, 0) is 14.1 Å². The minimum absolute atomic E-state index is 0.0538. The quantitative estimate of drug-likeness (QED) is 0.574. The molecule has 0 aliphatic heterocycles. The number of rotatable bonds is 3. The summed E-state index contributed by atoms with van der Waals surface area (Å²) < 4.78 is 0. The van der Waals surface area contributed by atoms with Crippen molar-refractivity contribution in [3.8, 4) is 5.88 Å². The standard InChI is InChI=1S/C7H13N3O2/c1-10(2)4-3-5-6(11)9-7(12)8-5/h11H,3-4H2,1-2H3,(H2,8,9,12). The van der Waals surface area contributed by atoms with Gasteiger partial charge in [-0.15, -0.1) is 0 Å². The van der Waals surface area contributed by atoms with Gasteiger partial charge < -0.3 is 15.0 Å². The lowest BCUT2D eigenvalue weighted by molar-refractivity contribution is 0.402. The zero-order valence-corrected chi connectivity index (χ0v) is 7.22. The summed E-state index contributed by atoms with van der Waals surface area (Å²) >= 11 is 0. The second kappa shape index (κ2) is 3.44. The molecule has 0 unspecified atom stereocenters. The predicted molar refractivity (Wildman–Crippen MR) is 45.3 cm³/mol. The molecule has 0 saturated heterocycles. The SMILES string of the molecule is CN(C)CCc1[nH]c(=O)[nH]c1O. The van der Waals surface area contributed by atoms with Crippen molar-refractivity contribution in [1.82, 2.24) is 14.9 Å². The third-order valence-corrected chi connectivity index (χ3v) is 1.59. The van der Waals surface area contributed by atoms with E-state index in [1.807, 2.05) is 19.0 Å². The van der Waals surface area contributed by atoms with Crippen molar-refractivity contribution >= 4 is 0 Å². The molecule has 12 heavy (non-hydrogen) atoms. The van der Waals surface area contributed by atoms with Crippen LogP contribution in [0, 0.1) is 0 Å². The van der Waals surface area contributed by atoms with E-state index in [1.165, 1.54) is 0 Å². The number of H-pyrrole nitrogens is 2. The summed E-state index contributed by atoms with van der Waals surface area (Å²) in [6.07, 6.45) is 0.636. The molecule has 5 heteroatoms. The van der Waals surface area contributed by atoms with Crippen LogP contribution < -0.4 is 5.69 Å². The highest BCUT2D eigenvalue weighted by Crippen LogP contribution is 2.07. The molecule has 1 aromatic rings. The van der Waals surface area contributed by atoms with Crippen molar-refractivity contribution in [3.05, 3.63) is 16.2 Å². The molecule has 68 valence electrons. The number of hydrogen-bond acceptors (Lipinski definition) is 3. The Hall–Kier alpha value is -1.23. The Morgan fingerprint density at radius 2 is 2.08 bits per heavy atom. The van der Waals surface area contributed by atoms with Gasteiger partial charge >= 0.3 is 5.69 Å². The fourth-order valence-corrected chi connectivity index (χ4v) is 0.927. The lowest BCUT2D eigenvalue weighted by Crippen LogP contribution is -2.15. The number of aromatic nitrogens is 2. The van der Waals surface area contributed by atoms with Gasteiger partial charge in [-0.25, -0.2) is 4.79 Å². The van der Waals surface area contributed by atoms with Crippen molar-refractivity contribution in [2.45, 2.75) is 6.42 Å². The molecule has 0 spiro atoms. The number of nitrogens with zero attached hydrogens (tertiary/aromatic N) is 1. The topological polar surface area (TPSA) is 72.1 Å². The fourth-order valence-electron chi connectivity index (χ4n) is 0.927. The van der Waals surface area contributed by atoms with E-state index in [0.717, 1.165) is 6.54 Å². The maximum Gasteiger partial charge on any atom is 0.325 e. The van der Waals surface area contributed by atoms with Crippen LogP contribution in [0.15, 0.2) is 4.79 Å². The van der Waals surface area contributed by atoms with Gasteiger partial charge in [0.05, 0.1) is 5.69 Å². The Labute approximate surface area is 70.0 Å². The zero-order chi connectivity index (χ0) is 9.14. The van der Waals surface area contributed by atoms with Crippen LogP contribution in [0.25, 0.3) is 0 Å². The normalized spacial score (nSPS) is 10.9. The molecule has 3 N–H and O–H groups in total. The van der Waals surface area contributed by atoms with E-state index < -0.39 is 0 Å². The average Bonchev–Trinajstić information content (AvgIpc) is 2.26. The maximum absolute atomic E-state index is 10.7. The van der Waals surface area contributed by atoms with Gasteiger partial charge in [0, 0.05) is 13.0 Å². The summed E-state index contributed by atoms with van der Waals surface area (Å²) in [5, 5.41) is 9.14. The summed E-state index contributed by atoms with van der Waals surface area (Å²) in [6, 6.07) is 0. The highest BCUT2D eigenvalue weighted by Gasteiger charge is 2.04. The van der Waals surface area contributed by atoms with Gasteiger partial charge in [0.1, 0.15) is 0 Å². The lowest BCUT2D eigenvalue weighted by atomic mass is 10.3. The van der Waals surface area contributed by atoms with Crippen molar-refractivity contribution in [1.29, 1.82) is 0 Å². The van der Waals surface area contributed by atoms with E-state index in [-0.39, 0.29) is 11.6 Å². The molecule has 0 aromatic carbocycles. The molecule has 0 radical (unpaired) electrons. The van der Waals surface area contributed by atoms with Crippen LogP contribution >= 0.6 is 0 Å². The Balaban J connectivity index is 2.63. The van der Waals surface area contributed by atoms with Crippen LogP contribution in [0.1, 0.15) is 5.69 Å². The zero-order valence-electron chi connectivity index (χ0n) is 7.22. The van der Waals surface area contributed by atoms with Gasteiger partial charge in [0.15, 0.2) is 0 Å². The Morgan fingerprint density at radius 3 is 2.50 bits per heavy atom. The molecule has 1 rings (SSSR count). The third kappa shape index (κ3) is 2.13. The van der Waals surface area contributed by atoms with Crippen LogP contribution in [0.2, 0.25) is 0 Å². The third-order valence-electron chi connectivity index (χ3n) is 1.59. The van der Waals surface area contributed by atoms with Crippen molar-refractivity contribution in [3.63, 3.8) is 0 Å². The molecule has 0 atom stereocenters. The predicted octanol–water partition coefficient (Wildman–Crippen LogP) is -0.487. The highest BCUT2D eigenvalue weighted by atomic mass is 16.3. The second-order valence-electron chi connectivity index (χ2n) is 2.96. The average molecular weight is 171 g/mol. The monoisotopic (exact) mass is 171 g/mol. The van der Waals surface area contributed by atoms with Crippen LogP contribution in [0.5, 0.6) is 5.88 Å².